The molecular weight excluding hydrogens is 104 g/mol. The first-order valence-electron chi connectivity index (χ1n) is 2.31. The van der Waals surface area contributed by atoms with Gasteiger partial charge < -0.3 is 4.43 Å². The first kappa shape index (κ1) is 6.58. The van der Waals surface area contributed by atoms with Crippen molar-refractivity contribution in [2.24, 2.45) is 5.92 Å². The van der Waals surface area contributed by atoms with E-state index < -0.39 is 0 Å². The molecule has 0 saturated carbocycles. The molecule has 0 radical (unpaired) electrons. The summed E-state index contributed by atoms with van der Waals surface area (Å²) in [7, 11) is 0.721. The number of hydrogen-bond acceptors (Lipinski definition) is 1. The highest BCUT2D eigenvalue weighted by atomic mass is 28.2. The van der Waals surface area contributed by atoms with Gasteiger partial charge in [-0.15, -0.1) is 0 Å². The van der Waals surface area contributed by atoms with Crippen LogP contribution in [0.25, 0.3) is 0 Å². The number of rotatable bonds is 0. The quantitative estimate of drug-likeness (QED) is 0.316. The molecule has 2 heteroatoms. The fourth-order valence-electron chi connectivity index (χ4n) is 0.177. The molecule has 0 spiro atoms. The highest BCUT2D eigenvalue weighted by molar-refractivity contribution is 5.98. The average Bonchev–Trinajstić information content (AvgIpc) is 1.61. The Morgan fingerprint density at radius 3 is 2.29 bits per heavy atom. The Kier molecular flexibility index (Phi) is 3.53. The lowest BCUT2D eigenvalue weighted by molar-refractivity contribution is 0.575. The van der Waals surface area contributed by atoms with Crippen molar-refractivity contribution >= 4 is 10.5 Å². The summed E-state index contributed by atoms with van der Waals surface area (Å²) in [6, 6.07) is 0. The lowest BCUT2D eigenvalue weighted by atomic mass is 10.2. The topological polar surface area (TPSA) is 9.23 Å². The number of hydrogen-bond donors (Lipinski definition) is 0. The van der Waals surface area contributed by atoms with Gasteiger partial charge in [0.25, 0.3) is 0 Å². The van der Waals surface area contributed by atoms with Gasteiger partial charge in [0, 0.05) is 5.92 Å². The van der Waals surface area contributed by atoms with Crippen LogP contribution in [0.3, 0.4) is 0 Å². The van der Waals surface area contributed by atoms with E-state index in [1.807, 2.05) is 13.8 Å². The lowest BCUT2D eigenvalue weighted by Crippen LogP contribution is -1.78. The van der Waals surface area contributed by atoms with Crippen LogP contribution in [0.4, 0.5) is 0 Å². The fraction of sp³-hybridized carbons (Fsp3) is 0.600. The molecule has 0 aliphatic heterocycles. The first-order valence-corrected chi connectivity index (χ1v) is 3.12. The van der Waals surface area contributed by atoms with Gasteiger partial charge in [0.2, 0.25) is 10.5 Å². The van der Waals surface area contributed by atoms with Crippen molar-refractivity contribution in [3.05, 3.63) is 0 Å². The van der Waals surface area contributed by atoms with E-state index in [-0.39, 0.29) is 0 Å². The van der Waals surface area contributed by atoms with E-state index in [0.717, 1.165) is 10.5 Å². The Morgan fingerprint density at radius 2 is 2.14 bits per heavy atom. The van der Waals surface area contributed by atoms with Gasteiger partial charge in [-0.25, -0.2) is 0 Å². The van der Waals surface area contributed by atoms with Gasteiger partial charge in [0.15, 0.2) is 0 Å². The van der Waals surface area contributed by atoms with E-state index in [0.29, 0.717) is 5.92 Å². The zero-order valence-corrected chi connectivity index (χ0v) is 6.99. The van der Waals surface area contributed by atoms with Gasteiger partial charge in [0.05, 0.1) is 6.11 Å². The Morgan fingerprint density at radius 1 is 1.57 bits per heavy atom. The summed E-state index contributed by atoms with van der Waals surface area (Å²) in [5, 5.41) is 0. The van der Waals surface area contributed by atoms with Gasteiger partial charge in [-0.3, -0.25) is 0 Å². The third-order valence-electron chi connectivity index (χ3n) is 0.450. The minimum Gasteiger partial charge on any atom is -0.512 e. The summed E-state index contributed by atoms with van der Waals surface area (Å²) in [5.41, 5.74) is 0. The van der Waals surface area contributed by atoms with Crippen LogP contribution < -0.4 is 0 Å². The maximum absolute atomic E-state index is 4.63. The second-order valence-electron chi connectivity index (χ2n) is 1.61. The third kappa shape index (κ3) is 5.58. The van der Waals surface area contributed by atoms with Crippen LogP contribution in [-0.4, -0.2) is 10.5 Å². The molecule has 0 N–H and O–H groups in total. The highest BCUT2D eigenvalue weighted by Gasteiger charge is 1.78. The summed E-state index contributed by atoms with van der Waals surface area (Å²) in [6.45, 7) is 4.07. The maximum Gasteiger partial charge on any atom is 0.219 e. The Balaban J connectivity index is 3.24. The monoisotopic (exact) mass is 114 g/mol. The van der Waals surface area contributed by atoms with Gasteiger partial charge in [-0.2, -0.15) is 0 Å². The molecule has 0 bridgehead atoms. The Bertz CT molecular complexity index is 88.0. The molecule has 0 saturated heterocycles. The highest BCUT2D eigenvalue weighted by Crippen LogP contribution is 1.84. The second kappa shape index (κ2) is 3.76. The molecule has 0 aromatic rings. The largest absolute Gasteiger partial charge is 0.512 e. The van der Waals surface area contributed by atoms with Crippen LogP contribution >= 0.6 is 0 Å². The van der Waals surface area contributed by atoms with Gasteiger partial charge in [-0.1, -0.05) is 19.8 Å². The normalized spacial score (nSPS) is 7.86. The molecule has 0 aromatic carbocycles. The molecule has 0 amide bonds. The summed E-state index contributed by atoms with van der Waals surface area (Å²) in [6.07, 6.45) is 2.56. The molecule has 0 atom stereocenters. The molecule has 1 nitrogen and oxygen atoms in total. The van der Waals surface area contributed by atoms with Crippen LogP contribution in [0.15, 0.2) is 0 Å². The summed E-state index contributed by atoms with van der Waals surface area (Å²) in [5.74, 6) is 3.30. The van der Waals surface area contributed by atoms with Crippen LogP contribution in [0.1, 0.15) is 13.8 Å². The molecule has 0 unspecified atom stereocenters. The van der Waals surface area contributed by atoms with Gasteiger partial charge >= 0.3 is 0 Å². The van der Waals surface area contributed by atoms with E-state index >= 15 is 0 Å². The summed E-state index contributed by atoms with van der Waals surface area (Å²) in [4.78, 5) is 0. The van der Waals surface area contributed by atoms with E-state index in [4.69, 9.17) is 0 Å². The molecule has 7 heavy (non-hydrogen) atoms. The van der Waals surface area contributed by atoms with Crippen molar-refractivity contribution in [3.8, 4) is 12.0 Å². The van der Waals surface area contributed by atoms with Crippen molar-refractivity contribution in [2.45, 2.75) is 13.8 Å². The summed E-state index contributed by atoms with van der Waals surface area (Å²) >= 11 is 0. The van der Waals surface area contributed by atoms with Crippen LogP contribution in [0.5, 0.6) is 0 Å². The third-order valence-corrected chi connectivity index (χ3v) is 0.654. The van der Waals surface area contributed by atoms with Crippen LogP contribution in [0, 0.1) is 17.9 Å². The molecule has 0 aliphatic rings. The molecule has 0 fully saturated rings. The SMILES string of the molecule is CC(C)C#CO[SiH3]. The van der Waals surface area contributed by atoms with Gasteiger partial charge in [-0.05, 0) is 0 Å². The van der Waals surface area contributed by atoms with Crippen molar-refractivity contribution in [1.82, 2.24) is 0 Å². The zero-order chi connectivity index (χ0) is 5.70. The standard InChI is InChI=1S/C5H10OSi/c1-5(2)3-4-6-7/h5H,1-2,7H3. The molecule has 40 valence electrons. The van der Waals surface area contributed by atoms with E-state index in [2.05, 4.69) is 16.5 Å². The minimum absolute atomic E-state index is 0.439. The predicted molar refractivity (Wildman–Crippen MR) is 33.6 cm³/mol. The average molecular weight is 114 g/mol. The smallest absolute Gasteiger partial charge is 0.219 e. The minimum atomic E-state index is 0.439. The van der Waals surface area contributed by atoms with Crippen molar-refractivity contribution in [2.75, 3.05) is 0 Å². The van der Waals surface area contributed by atoms with Crippen molar-refractivity contribution in [3.63, 3.8) is 0 Å². The van der Waals surface area contributed by atoms with Crippen LogP contribution in [0.2, 0.25) is 0 Å². The second-order valence-corrected chi connectivity index (χ2v) is 2.01. The fourth-order valence-corrected chi connectivity index (χ4v) is 0.295. The zero-order valence-electron chi connectivity index (χ0n) is 4.99. The van der Waals surface area contributed by atoms with Crippen LogP contribution in [-0.2, 0) is 4.43 Å². The van der Waals surface area contributed by atoms with Crippen molar-refractivity contribution in [1.29, 1.82) is 0 Å². The molecule has 0 heterocycles. The predicted octanol–water partition coefficient (Wildman–Crippen LogP) is -0.0997. The molecular formula is C5H10OSi. The lowest BCUT2D eigenvalue weighted by Gasteiger charge is -1.84. The Hall–Kier alpha value is -0.423. The van der Waals surface area contributed by atoms with Crippen molar-refractivity contribution < 1.29 is 4.43 Å². The summed E-state index contributed by atoms with van der Waals surface area (Å²) < 4.78 is 4.63. The molecule has 0 aliphatic carbocycles. The van der Waals surface area contributed by atoms with E-state index in [9.17, 15) is 0 Å². The first-order chi connectivity index (χ1) is 3.27. The Labute approximate surface area is 47.6 Å². The molecule has 0 rings (SSSR count). The molecule has 0 aromatic heterocycles. The van der Waals surface area contributed by atoms with Gasteiger partial charge in [0.1, 0.15) is 0 Å². The maximum atomic E-state index is 4.63. The van der Waals surface area contributed by atoms with E-state index in [1.54, 1.807) is 0 Å². The van der Waals surface area contributed by atoms with E-state index in [1.165, 1.54) is 0 Å².